The molecule has 0 aromatic heterocycles. The molecule has 0 saturated heterocycles. The Hall–Kier alpha value is -1.02. The van der Waals surface area contributed by atoms with Crippen molar-refractivity contribution in [1.29, 1.82) is 0 Å². The van der Waals surface area contributed by atoms with Gasteiger partial charge in [-0.1, -0.05) is 36.9 Å². The van der Waals surface area contributed by atoms with Crippen molar-refractivity contribution in [1.82, 2.24) is 5.32 Å². The third-order valence-corrected chi connectivity index (χ3v) is 6.79. The number of hydrogen-bond donors (Lipinski definition) is 2. The Bertz CT molecular complexity index is 441. The molecule has 6 heteroatoms. The second-order valence-corrected chi connectivity index (χ2v) is 8.53. The number of hydrogen-bond acceptors (Lipinski definition) is 5. The van der Waals surface area contributed by atoms with Crippen molar-refractivity contribution in [2.24, 2.45) is 5.73 Å². The summed E-state index contributed by atoms with van der Waals surface area (Å²) >= 11 is 0. The van der Waals surface area contributed by atoms with Gasteiger partial charge in [-0.05, 0) is 36.9 Å². The lowest BCUT2D eigenvalue weighted by molar-refractivity contribution is 0.123. The van der Waals surface area contributed by atoms with Gasteiger partial charge in [-0.3, -0.25) is 0 Å². The van der Waals surface area contributed by atoms with Gasteiger partial charge in [0.15, 0.2) is 0 Å². The van der Waals surface area contributed by atoms with Crippen molar-refractivity contribution < 1.29 is 13.3 Å². The summed E-state index contributed by atoms with van der Waals surface area (Å²) in [5.41, 5.74) is 8.54. The van der Waals surface area contributed by atoms with Crippen LogP contribution in [0.2, 0.25) is 6.04 Å². The molecule has 130 valence electrons. The van der Waals surface area contributed by atoms with Crippen LogP contribution in [0.3, 0.4) is 0 Å². The van der Waals surface area contributed by atoms with Crippen molar-refractivity contribution in [3.8, 4) is 0 Å². The molecule has 1 rings (SSSR count). The van der Waals surface area contributed by atoms with Gasteiger partial charge in [0.2, 0.25) is 0 Å². The van der Waals surface area contributed by atoms with Crippen LogP contribution in [0.1, 0.15) is 24.0 Å². The average Bonchev–Trinajstić information content (AvgIpc) is 2.61. The summed E-state index contributed by atoms with van der Waals surface area (Å²) in [6, 6.07) is 9.18. The first-order valence-electron chi connectivity index (χ1n) is 7.95. The number of nitrogens with two attached hydrogens (primary N) is 1. The Kier molecular flexibility index (Phi) is 9.31. The summed E-state index contributed by atoms with van der Waals surface area (Å²) in [5, 5.41) is 3.34. The van der Waals surface area contributed by atoms with Gasteiger partial charge in [0, 0.05) is 27.4 Å². The van der Waals surface area contributed by atoms with Crippen molar-refractivity contribution in [3.63, 3.8) is 0 Å². The second-order valence-electron chi connectivity index (χ2n) is 5.44. The standard InChI is InChI=1S/C17H30N2O3Si/c1-5-15-7-9-16(10-8-15)11-12-17(18)19-13-6-14-23(20-2,21-3)22-4/h5,7-10,17,19H,1,6,11-14,18H2,2-4H3. The summed E-state index contributed by atoms with van der Waals surface area (Å²) in [6.07, 6.45) is 4.59. The number of rotatable bonds is 12. The van der Waals surface area contributed by atoms with Gasteiger partial charge in [0.25, 0.3) is 0 Å². The van der Waals surface area contributed by atoms with Crippen LogP contribution in [0.5, 0.6) is 0 Å². The molecule has 0 saturated carbocycles. The molecular formula is C17H30N2O3Si. The molecule has 5 nitrogen and oxygen atoms in total. The van der Waals surface area contributed by atoms with Gasteiger partial charge in [-0.15, -0.1) is 0 Å². The fourth-order valence-electron chi connectivity index (χ4n) is 2.39. The highest BCUT2D eigenvalue weighted by molar-refractivity contribution is 6.60. The van der Waals surface area contributed by atoms with Gasteiger partial charge >= 0.3 is 8.80 Å². The summed E-state index contributed by atoms with van der Waals surface area (Å²) in [6.45, 7) is 4.58. The van der Waals surface area contributed by atoms with Crippen LogP contribution >= 0.6 is 0 Å². The number of aryl methyl sites for hydroxylation is 1. The van der Waals surface area contributed by atoms with E-state index >= 15 is 0 Å². The fourth-order valence-corrected chi connectivity index (χ4v) is 4.12. The third kappa shape index (κ3) is 6.95. The van der Waals surface area contributed by atoms with Crippen molar-refractivity contribution >= 4 is 14.9 Å². The topological polar surface area (TPSA) is 65.7 Å². The van der Waals surface area contributed by atoms with Gasteiger partial charge in [-0.25, -0.2) is 0 Å². The molecule has 0 radical (unpaired) electrons. The van der Waals surface area contributed by atoms with Crippen LogP contribution in [0.25, 0.3) is 6.08 Å². The lowest BCUT2D eigenvalue weighted by Gasteiger charge is -2.24. The number of nitrogens with one attached hydrogen (secondary N) is 1. The fraction of sp³-hybridized carbons (Fsp3) is 0.529. The quantitative estimate of drug-likeness (QED) is 0.348. The highest BCUT2D eigenvalue weighted by Crippen LogP contribution is 2.14. The molecule has 0 fully saturated rings. The molecule has 0 spiro atoms. The average molecular weight is 339 g/mol. The van der Waals surface area contributed by atoms with Crippen LogP contribution in [0.15, 0.2) is 30.8 Å². The van der Waals surface area contributed by atoms with Crippen LogP contribution in [-0.2, 0) is 19.7 Å². The lowest BCUT2D eigenvalue weighted by Crippen LogP contribution is -2.44. The van der Waals surface area contributed by atoms with Crippen LogP contribution in [0, 0.1) is 0 Å². The van der Waals surface area contributed by atoms with E-state index in [1.807, 2.05) is 6.08 Å². The maximum absolute atomic E-state index is 6.12. The largest absolute Gasteiger partial charge is 0.500 e. The maximum atomic E-state index is 6.12. The maximum Gasteiger partial charge on any atom is 0.500 e. The van der Waals surface area contributed by atoms with Gasteiger partial charge in [-0.2, -0.15) is 0 Å². The molecule has 1 atom stereocenters. The first-order valence-corrected chi connectivity index (χ1v) is 9.88. The monoisotopic (exact) mass is 338 g/mol. The molecule has 1 unspecified atom stereocenters. The zero-order chi connectivity index (χ0) is 17.1. The van der Waals surface area contributed by atoms with Crippen molar-refractivity contribution in [2.45, 2.75) is 31.5 Å². The summed E-state index contributed by atoms with van der Waals surface area (Å²) in [4.78, 5) is 0. The molecule has 1 aromatic rings. The first-order chi connectivity index (χ1) is 11.1. The van der Waals surface area contributed by atoms with Crippen molar-refractivity contribution in [3.05, 3.63) is 42.0 Å². The zero-order valence-corrected chi connectivity index (χ0v) is 15.5. The van der Waals surface area contributed by atoms with Crippen LogP contribution in [0.4, 0.5) is 0 Å². The minimum Gasteiger partial charge on any atom is -0.377 e. The van der Waals surface area contributed by atoms with E-state index in [4.69, 9.17) is 19.0 Å². The molecule has 0 aliphatic heterocycles. The van der Waals surface area contributed by atoms with E-state index in [-0.39, 0.29) is 6.17 Å². The molecule has 0 amide bonds. The van der Waals surface area contributed by atoms with E-state index in [0.29, 0.717) is 0 Å². The van der Waals surface area contributed by atoms with Gasteiger partial charge in [0.1, 0.15) is 0 Å². The van der Waals surface area contributed by atoms with E-state index < -0.39 is 8.80 Å². The Morgan fingerprint density at radius 2 is 1.78 bits per heavy atom. The smallest absolute Gasteiger partial charge is 0.377 e. The molecule has 1 aromatic carbocycles. The Balaban J connectivity index is 2.23. The summed E-state index contributed by atoms with van der Waals surface area (Å²) < 4.78 is 16.2. The highest BCUT2D eigenvalue weighted by Gasteiger charge is 2.36. The SMILES string of the molecule is C=Cc1ccc(CCC(N)NCCC[Si](OC)(OC)OC)cc1. The molecule has 23 heavy (non-hydrogen) atoms. The first kappa shape index (κ1) is 20.0. The minimum absolute atomic E-state index is 0.0159. The normalized spacial score (nSPS) is 13.0. The van der Waals surface area contributed by atoms with Crippen LogP contribution in [-0.4, -0.2) is 42.8 Å². The molecule has 0 aliphatic carbocycles. The van der Waals surface area contributed by atoms with Gasteiger partial charge in [0.05, 0.1) is 6.17 Å². The van der Waals surface area contributed by atoms with E-state index in [2.05, 4.69) is 36.2 Å². The Morgan fingerprint density at radius 1 is 1.17 bits per heavy atom. The third-order valence-electron chi connectivity index (χ3n) is 3.96. The van der Waals surface area contributed by atoms with E-state index in [1.165, 1.54) is 5.56 Å². The van der Waals surface area contributed by atoms with E-state index in [1.54, 1.807) is 21.3 Å². The minimum atomic E-state index is -2.46. The lowest BCUT2D eigenvalue weighted by atomic mass is 10.1. The zero-order valence-electron chi connectivity index (χ0n) is 14.5. The van der Waals surface area contributed by atoms with Gasteiger partial charge < -0.3 is 24.3 Å². The Morgan fingerprint density at radius 3 is 2.30 bits per heavy atom. The van der Waals surface area contributed by atoms with E-state index in [9.17, 15) is 0 Å². The molecular weight excluding hydrogens is 308 g/mol. The van der Waals surface area contributed by atoms with Crippen LogP contribution < -0.4 is 11.1 Å². The number of benzene rings is 1. The van der Waals surface area contributed by atoms with E-state index in [0.717, 1.165) is 37.4 Å². The molecule has 0 bridgehead atoms. The summed E-state index contributed by atoms with van der Waals surface area (Å²) in [5.74, 6) is 0. The van der Waals surface area contributed by atoms with Crippen molar-refractivity contribution in [2.75, 3.05) is 27.9 Å². The predicted octanol–water partition coefficient (Wildman–Crippen LogP) is 2.40. The molecule has 0 heterocycles. The molecule has 3 N–H and O–H groups in total. The Labute approximate surface area is 141 Å². The predicted molar refractivity (Wildman–Crippen MR) is 97.0 cm³/mol. The summed E-state index contributed by atoms with van der Waals surface area (Å²) in [7, 11) is 2.45. The molecule has 0 aliphatic rings. The highest BCUT2D eigenvalue weighted by atomic mass is 28.4. The second kappa shape index (κ2) is 10.7.